The summed E-state index contributed by atoms with van der Waals surface area (Å²) in [7, 11) is 0. The summed E-state index contributed by atoms with van der Waals surface area (Å²) in [6, 6.07) is 8.31. The molecule has 0 spiro atoms. The molecular weight excluding hydrogens is 371 g/mol. The molecule has 2 aliphatic heterocycles. The summed E-state index contributed by atoms with van der Waals surface area (Å²) in [5, 5.41) is 4.42. The minimum atomic E-state index is -0.301. The normalized spacial score (nSPS) is 23.5. The van der Waals surface area contributed by atoms with Crippen LogP contribution in [0.25, 0.3) is 0 Å². The molecule has 0 saturated carbocycles. The van der Waals surface area contributed by atoms with Crippen LogP contribution in [0, 0.1) is 31.5 Å². The van der Waals surface area contributed by atoms with Crippen LogP contribution in [0.15, 0.2) is 30.3 Å². The van der Waals surface area contributed by atoms with Crippen LogP contribution in [0.1, 0.15) is 36.3 Å². The summed E-state index contributed by atoms with van der Waals surface area (Å²) in [6.45, 7) is 7.93. The first-order valence-corrected chi connectivity index (χ1v) is 10.1. The molecule has 0 aliphatic carbocycles. The molecule has 6 nitrogen and oxygen atoms in total. The molecule has 7 heteroatoms. The Morgan fingerprint density at radius 3 is 2.62 bits per heavy atom. The molecular formula is C22H27FN4O2. The van der Waals surface area contributed by atoms with E-state index >= 15 is 0 Å². The number of aryl methyl sites for hydroxylation is 3. The van der Waals surface area contributed by atoms with Gasteiger partial charge in [-0.2, -0.15) is 5.10 Å². The van der Waals surface area contributed by atoms with Gasteiger partial charge in [-0.3, -0.25) is 14.3 Å². The Morgan fingerprint density at radius 1 is 1.17 bits per heavy atom. The third-order valence-electron chi connectivity index (χ3n) is 6.25. The summed E-state index contributed by atoms with van der Waals surface area (Å²) in [4.78, 5) is 28.8. The lowest BCUT2D eigenvalue weighted by Crippen LogP contribution is -2.36. The highest BCUT2D eigenvalue weighted by Gasteiger charge is 2.49. The van der Waals surface area contributed by atoms with Gasteiger partial charge in [-0.25, -0.2) is 4.39 Å². The number of likely N-dealkylation sites (tertiary alicyclic amines) is 2. The molecule has 3 atom stereocenters. The second-order valence-corrected chi connectivity index (χ2v) is 8.29. The standard InChI is InChI=1S/C22H27FN4O2/c1-14-9-15(2)27(24-14)8-7-21(29)25-11-18-12-26(16(3)28)22(20(18)13-25)17-5-4-6-19(23)10-17/h4-6,9-10,18,20,22H,7-8,11-13H2,1-3H3/t18-,20-,22+/m1/s1. The number of benzene rings is 1. The smallest absolute Gasteiger partial charge is 0.224 e. The molecule has 154 valence electrons. The first kappa shape index (κ1) is 19.6. The number of aromatic nitrogens is 2. The van der Waals surface area contributed by atoms with Crippen molar-refractivity contribution >= 4 is 11.8 Å². The van der Waals surface area contributed by atoms with Gasteiger partial charge < -0.3 is 9.80 Å². The third-order valence-corrected chi connectivity index (χ3v) is 6.25. The Balaban J connectivity index is 1.46. The van der Waals surface area contributed by atoms with E-state index in [4.69, 9.17) is 0 Å². The van der Waals surface area contributed by atoms with Crippen LogP contribution < -0.4 is 0 Å². The van der Waals surface area contributed by atoms with Crippen molar-refractivity contribution in [2.24, 2.45) is 11.8 Å². The molecule has 1 aromatic carbocycles. The highest BCUT2D eigenvalue weighted by molar-refractivity contribution is 5.77. The minimum Gasteiger partial charge on any atom is -0.342 e. The first-order chi connectivity index (χ1) is 13.8. The number of hydrogen-bond donors (Lipinski definition) is 0. The van der Waals surface area contributed by atoms with Crippen LogP contribution in [0.4, 0.5) is 4.39 Å². The zero-order valence-corrected chi connectivity index (χ0v) is 17.1. The zero-order chi connectivity index (χ0) is 20.7. The summed E-state index contributed by atoms with van der Waals surface area (Å²) in [5.41, 5.74) is 2.81. The Hall–Kier alpha value is -2.70. The Kier molecular flexibility index (Phi) is 5.15. The van der Waals surface area contributed by atoms with Gasteiger partial charge in [0.1, 0.15) is 5.82 Å². The predicted octanol–water partition coefficient (Wildman–Crippen LogP) is 2.71. The maximum Gasteiger partial charge on any atom is 0.224 e. The lowest BCUT2D eigenvalue weighted by atomic mass is 9.89. The predicted molar refractivity (Wildman–Crippen MR) is 106 cm³/mol. The summed E-state index contributed by atoms with van der Waals surface area (Å²) < 4.78 is 15.7. The molecule has 0 N–H and O–H groups in total. The van der Waals surface area contributed by atoms with Crippen molar-refractivity contribution in [2.45, 2.75) is 39.8 Å². The average Bonchev–Trinajstić information content (AvgIpc) is 3.31. The van der Waals surface area contributed by atoms with Crippen LogP contribution in [0.2, 0.25) is 0 Å². The number of rotatable bonds is 4. The van der Waals surface area contributed by atoms with Gasteiger partial charge >= 0.3 is 0 Å². The van der Waals surface area contributed by atoms with Crippen molar-refractivity contribution < 1.29 is 14.0 Å². The van der Waals surface area contributed by atoms with Crippen molar-refractivity contribution in [3.05, 3.63) is 53.1 Å². The van der Waals surface area contributed by atoms with Crippen molar-refractivity contribution in [3.8, 4) is 0 Å². The number of nitrogens with zero attached hydrogens (tertiary/aromatic N) is 4. The number of hydrogen-bond acceptors (Lipinski definition) is 3. The molecule has 0 bridgehead atoms. The van der Waals surface area contributed by atoms with Crippen LogP contribution in [0.3, 0.4) is 0 Å². The van der Waals surface area contributed by atoms with Gasteiger partial charge in [0.15, 0.2) is 0 Å². The second-order valence-electron chi connectivity index (χ2n) is 8.29. The Bertz CT molecular complexity index is 941. The second kappa shape index (κ2) is 7.61. The maximum atomic E-state index is 13.8. The monoisotopic (exact) mass is 398 g/mol. The van der Waals surface area contributed by atoms with E-state index in [-0.39, 0.29) is 35.5 Å². The van der Waals surface area contributed by atoms with Crippen molar-refractivity contribution in [3.63, 3.8) is 0 Å². The van der Waals surface area contributed by atoms with E-state index in [0.717, 1.165) is 17.0 Å². The molecule has 0 radical (unpaired) electrons. The number of amides is 2. The summed E-state index contributed by atoms with van der Waals surface area (Å²) >= 11 is 0. The van der Waals surface area contributed by atoms with E-state index in [1.807, 2.05) is 40.5 Å². The minimum absolute atomic E-state index is 0.00364. The van der Waals surface area contributed by atoms with E-state index in [1.165, 1.54) is 12.1 Å². The number of carbonyl (C=O) groups is 2. The first-order valence-electron chi connectivity index (χ1n) is 10.1. The number of fused-ring (bicyclic) bond motifs is 1. The largest absolute Gasteiger partial charge is 0.342 e. The van der Waals surface area contributed by atoms with Crippen LogP contribution in [0.5, 0.6) is 0 Å². The molecule has 29 heavy (non-hydrogen) atoms. The molecule has 1 aromatic heterocycles. The van der Waals surface area contributed by atoms with Crippen molar-refractivity contribution in [1.82, 2.24) is 19.6 Å². The van der Waals surface area contributed by atoms with E-state index in [1.54, 1.807) is 13.0 Å². The van der Waals surface area contributed by atoms with Gasteiger partial charge in [-0.1, -0.05) is 12.1 Å². The van der Waals surface area contributed by atoms with Crippen molar-refractivity contribution in [1.29, 1.82) is 0 Å². The van der Waals surface area contributed by atoms with E-state index in [9.17, 15) is 14.0 Å². The maximum absolute atomic E-state index is 13.8. The summed E-state index contributed by atoms with van der Waals surface area (Å²) in [6.07, 6.45) is 0.405. The molecule has 0 unspecified atom stereocenters. The fourth-order valence-corrected chi connectivity index (χ4v) is 4.95. The fraction of sp³-hybridized carbons (Fsp3) is 0.500. The van der Waals surface area contributed by atoms with Gasteiger partial charge in [0, 0.05) is 57.1 Å². The fourth-order valence-electron chi connectivity index (χ4n) is 4.95. The van der Waals surface area contributed by atoms with E-state index in [2.05, 4.69) is 5.10 Å². The van der Waals surface area contributed by atoms with E-state index < -0.39 is 0 Å². The lowest BCUT2D eigenvalue weighted by Gasteiger charge is -2.29. The molecule has 4 rings (SSSR count). The van der Waals surface area contributed by atoms with Gasteiger partial charge in [0.05, 0.1) is 11.7 Å². The van der Waals surface area contributed by atoms with Gasteiger partial charge in [0.25, 0.3) is 0 Å². The molecule has 2 fully saturated rings. The SMILES string of the molecule is CC(=O)N1C[C@H]2CN(C(=O)CCn3nc(C)cc3C)C[C@H]2[C@@H]1c1cccc(F)c1. The number of halogens is 1. The van der Waals surface area contributed by atoms with Crippen LogP contribution >= 0.6 is 0 Å². The topological polar surface area (TPSA) is 58.4 Å². The molecule has 2 aromatic rings. The van der Waals surface area contributed by atoms with Crippen LogP contribution in [-0.4, -0.2) is 51.0 Å². The lowest BCUT2D eigenvalue weighted by molar-refractivity contribution is -0.132. The molecule has 2 aliphatic rings. The van der Waals surface area contributed by atoms with Gasteiger partial charge in [0.2, 0.25) is 11.8 Å². The highest BCUT2D eigenvalue weighted by atomic mass is 19.1. The molecule has 2 amide bonds. The van der Waals surface area contributed by atoms with Crippen molar-refractivity contribution in [2.75, 3.05) is 19.6 Å². The number of carbonyl (C=O) groups excluding carboxylic acids is 2. The Labute approximate surface area is 170 Å². The third kappa shape index (κ3) is 3.78. The summed E-state index contributed by atoms with van der Waals surface area (Å²) in [5.74, 6) is 0.170. The zero-order valence-electron chi connectivity index (χ0n) is 17.1. The molecule has 3 heterocycles. The van der Waals surface area contributed by atoms with Gasteiger partial charge in [-0.05, 0) is 37.6 Å². The van der Waals surface area contributed by atoms with Gasteiger partial charge in [-0.15, -0.1) is 0 Å². The molecule has 2 saturated heterocycles. The highest BCUT2D eigenvalue weighted by Crippen LogP contribution is 2.45. The average molecular weight is 398 g/mol. The quantitative estimate of drug-likeness (QED) is 0.796. The van der Waals surface area contributed by atoms with E-state index in [0.29, 0.717) is 32.6 Å². The Morgan fingerprint density at radius 2 is 1.97 bits per heavy atom. The van der Waals surface area contributed by atoms with Crippen LogP contribution in [-0.2, 0) is 16.1 Å².